The summed E-state index contributed by atoms with van der Waals surface area (Å²) in [6.07, 6.45) is 0. The average molecular weight is 490 g/mol. The van der Waals surface area contributed by atoms with Gasteiger partial charge in [-0.15, -0.1) is 0 Å². The molecule has 1 heterocycles. The molecule has 6 heteroatoms. The lowest BCUT2D eigenvalue weighted by Gasteiger charge is -2.19. The Morgan fingerprint density at radius 1 is 0.971 bits per heavy atom. The molecule has 0 spiro atoms. The van der Waals surface area contributed by atoms with E-state index in [1.165, 1.54) is 6.07 Å². The van der Waals surface area contributed by atoms with E-state index in [1.54, 1.807) is 12.1 Å². The third-order valence-electron chi connectivity index (χ3n) is 5.96. The normalized spacial score (nSPS) is 11.5. The summed E-state index contributed by atoms with van der Waals surface area (Å²) in [5, 5.41) is 3.51. The minimum Gasteiger partial charge on any atom is -0.476 e. The number of nitrogens with one attached hydrogen (secondary N) is 1. The van der Waals surface area contributed by atoms with E-state index >= 15 is 0 Å². The smallest absolute Gasteiger partial charge is 0.262 e. The molecule has 0 atom stereocenters. The van der Waals surface area contributed by atoms with Crippen LogP contribution in [0.1, 0.15) is 37.5 Å². The summed E-state index contributed by atoms with van der Waals surface area (Å²) in [6.45, 7) is 10.0. The summed E-state index contributed by atoms with van der Waals surface area (Å²) in [5.41, 5.74) is 4.67. The number of aryl methyl sites for hydroxylation is 2. The summed E-state index contributed by atoms with van der Waals surface area (Å²) in [6, 6.07) is 18.3. The number of halogens is 1. The second kappa shape index (κ2) is 9.59. The maximum atomic E-state index is 13.4. The topological polar surface area (TPSA) is 68.5 Å². The third kappa shape index (κ3) is 5.41. The van der Waals surface area contributed by atoms with E-state index in [2.05, 4.69) is 26.1 Å². The minimum absolute atomic E-state index is 0.0226. The summed E-state index contributed by atoms with van der Waals surface area (Å²) in [7, 11) is 0. The summed E-state index contributed by atoms with van der Waals surface area (Å²) in [5.74, 6) is -0.143. The fraction of sp³-hybridized carbons (Fsp3) is 0.241. The van der Waals surface area contributed by atoms with Crippen LogP contribution in [-0.4, -0.2) is 12.5 Å². The van der Waals surface area contributed by atoms with Crippen LogP contribution in [0, 0.1) is 13.8 Å². The van der Waals surface area contributed by atoms with Crippen LogP contribution in [0.15, 0.2) is 69.9 Å². The molecule has 0 fully saturated rings. The fourth-order valence-corrected chi connectivity index (χ4v) is 3.92. The molecule has 5 nitrogen and oxygen atoms in total. The van der Waals surface area contributed by atoms with Gasteiger partial charge in [0.05, 0.1) is 5.39 Å². The van der Waals surface area contributed by atoms with Gasteiger partial charge in [-0.25, -0.2) is 0 Å². The lowest BCUT2D eigenvalue weighted by atomic mass is 9.86. The van der Waals surface area contributed by atoms with Gasteiger partial charge in [0.1, 0.15) is 5.58 Å². The van der Waals surface area contributed by atoms with Gasteiger partial charge in [0.15, 0.2) is 12.4 Å². The highest BCUT2D eigenvalue weighted by molar-refractivity contribution is 6.31. The van der Waals surface area contributed by atoms with Crippen LogP contribution in [0.4, 0.5) is 5.69 Å². The van der Waals surface area contributed by atoms with Crippen molar-refractivity contribution in [3.8, 4) is 17.1 Å². The van der Waals surface area contributed by atoms with Gasteiger partial charge in [-0.05, 0) is 66.3 Å². The lowest BCUT2D eigenvalue weighted by Crippen LogP contribution is -2.22. The first-order valence-corrected chi connectivity index (χ1v) is 11.8. The predicted molar refractivity (Wildman–Crippen MR) is 142 cm³/mol. The standard InChI is InChI=1S/C29H28ClNO4/c1-17-6-12-22(14-18(17)2)31-25(32)16-34-28-26(33)23-15-21(30)11-13-24(23)35-27(28)19-7-9-20(10-8-19)29(3,4)5/h6-15H,16H2,1-5H3,(H,31,32). The molecule has 1 aromatic heterocycles. The van der Waals surface area contributed by atoms with Crippen LogP contribution in [0.5, 0.6) is 5.75 Å². The predicted octanol–water partition coefficient (Wildman–Crippen LogP) is 7.05. The van der Waals surface area contributed by atoms with Gasteiger partial charge >= 0.3 is 0 Å². The highest BCUT2D eigenvalue weighted by Gasteiger charge is 2.20. The largest absolute Gasteiger partial charge is 0.476 e. The van der Waals surface area contributed by atoms with Crippen LogP contribution < -0.4 is 15.5 Å². The molecule has 0 aliphatic rings. The van der Waals surface area contributed by atoms with Crippen molar-refractivity contribution in [1.82, 2.24) is 0 Å². The van der Waals surface area contributed by atoms with Crippen LogP contribution in [0.3, 0.4) is 0 Å². The third-order valence-corrected chi connectivity index (χ3v) is 6.20. The Balaban J connectivity index is 1.69. The zero-order chi connectivity index (χ0) is 25.3. The SMILES string of the molecule is Cc1ccc(NC(=O)COc2c(-c3ccc(C(C)(C)C)cc3)oc3ccc(Cl)cc3c2=O)cc1C. The first kappa shape index (κ1) is 24.6. The number of anilines is 1. The van der Waals surface area contributed by atoms with Crippen molar-refractivity contribution in [2.75, 3.05) is 11.9 Å². The molecular weight excluding hydrogens is 462 g/mol. The molecule has 0 aliphatic carbocycles. The number of hydrogen-bond acceptors (Lipinski definition) is 4. The molecule has 1 amide bonds. The van der Waals surface area contributed by atoms with E-state index in [-0.39, 0.29) is 40.3 Å². The Labute approximate surface area is 209 Å². The Morgan fingerprint density at radius 2 is 1.69 bits per heavy atom. The molecule has 4 aromatic rings. The monoisotopic (exact) mass is 489 g/mol. The van der Waals surface area contributed by atoms with Crippen molar-refractivity contribution < 1.29 is 13.9 Å². The quantitative estimate of drug-likeness (QED) is 0.326. The molecular formula is C29H28ClNO4. The van der Waals surface area contributed by atoms with Crippen LogP contribution in [0.25, 0.3) is 22.3 Å². The van der Waals surface area contributed by atoms with Gasteiger partial charge in [0.25, 0.3) is 5.91 Å². The Morgan fingerprint density at radius 3 is 2.34 bits per heavy atom. The van der Waals surface area contributed by atoms with Crippen LogP contribution in [-0.2, 0) is 10.2 Å². The average Bonchev–Trinajstić information content (AvgIpc) is 2.80. The molecule has 1 N–H and O–H groups in total. The first-order valence-electron chi connectivity index (χ1n) is 11.4. The number of amides is 1. The molecule has 4 rings (SSSR count). The Kier molecular flexibility index (Phi) is 6.73. The zero-order valence-corrected chi connectivity index (χ0v) is 21.2. The maximum absolute atomic E-state index is 13.4. The van der Waals surface area contributed by atoms with Crippen molar-refractivity contribution >= 4 is 34.2 Å². The number of rotatable bonds is 5. The fourth-order valence-electron chi connectivity index (χ4n) is 3.75. The summed E-state index contributed by atoms with van der Waals surface area (Å²) in [4.78, 5) is 26.0. The van der Waals surface area contributed by atoms with Gasteiger partial charge in [0, 0.05) is 16.3 Å². The molecule has 0 saturated carbocycles. The molecule has 3 aromatic carbocycles. The van der Waals surface area contributed by atoms with Crippen LogP contribution >= 0.6 is 11.6 Å². The Bertz CT molecular complexity index is 1460. The highest BCUT2D eigenvalue weighted by atomic mass is 35.5. The van der Waals surface area contributed by atoms with E-state index in [0.29, 0.717) is 21.9 Å². The molecule has 0 bridgehead atoms. The summed E-state index contributed by atoms with van der Waals surface area (Å²) < 4.78 is 11.9. The van der Waals surface area contributed by atoms with E-state index < -0.39 is 0 Å². The van der Waals surface area contributed by atoms with E-state index in [4.69, 9.17) is 20.8 Å². The van der Waals surface area contributed by atoms with E-state index in [1.807, 2.05) is 56.3 Å². The number of benzene rings is 3. The van der Waals surface area contributed by atoms with E-state index in [0.717, 1.165) is 16.7 Å². The van der Waals surface area contributed by atoms with Crippen molar-refractivity contribution in [1.29, 1.82) is 0 Å². The van der Waals surface area contributed by atoms with Crippen LogP contribution in [0.2, 0.25) is 5.02 Å². The van der Waals surface area contributed by atoms with Crippen molar-refractivity contribution in [3.63, 3.8) is 0 Å². The molecule has 35 heavy (non-hydrogen) atoms. The highest BCUT2D eigenvalue weighted by Crippen LogP contribution is 2.33. The Hall–Kier alpha value is -3.57. The van der Waals surface area contributed by atoms with Gasteiger partial charge in [-0.2, -0.15) is 0 Å². The van der Waals surface area contributed by atoms with E-state index in [9.17, 15) is 9.59 Å². The van der Waals surface area contributed by atoms with Gasteiger partial charge < -0.3 is 14.5 Å². The van der Waals surface area contributed by atoms with Crippen molar-refractivity contribution in [2.24, 2.45) is 0 Å². The number of carbonyl (C=O) groups excluding carboxylic acids is 1. The number of hydrogen-bond donors (Lipinski definition) is 1. The van der Waals surface area contributed by atoms with Crippen molar-refractivity contribution in [3.05, 3.63) is 92.6 Å². The summed E-state index contributed by atoms with van der Waals surface area (Å²) >= 11 is 6.12. The second-order valence-electron chi connectivity index (χ2n) is 9.69. The minimum atomic E-state index is -0.386. The number of fused-ring (bicyclic) bond motifs is 1. The number of ether oxygens (including phenoxy) is 1. The van der Waals surface area contributed by atoms with Gasteiger partial charge in [-0.1, -0.05) is 62.7 Å². The lowest BCUT2D eigenvalue weighted by molar-refractivity contribution is -0.118. The van der Waals surface area contributed by atoms with Gasteiger partial charge in [0.2, 0.25) is 11.2 Å². The molecule has 0 aliphatic heterocycles. The molecule has 0 radical (unpaired) electrons. The maximum Gasteiger partial charge on any atom is 0.262 e. The molecule has 0 saturated heterocycles. The zero-order valence-electron chi connectivity index (χ0n) is 20.5. The van der Waals surface area contributed by atoms with Crippen molar-refractivity contribution in [2.45, 2.75) is 40.0 Å². The van der Waals surface area contributed by atoms with Gasteiger partial charge in [-0.3, -0.25) is 9.59 Å². The first-order chi connectivity index (χ1) is 16.5. The molecule has 180 valence electrons. The molecule has 0 unspecified atom stereocenters. The number of carbonyl (C=O) groups is 1. The second-order valence-corrected chi connectivity index (χ2v) is 10.1.